The molecule has 2 rings (SSSR count). The van der Waals surface area contributed by atoms with E-state index in [1.165, 1.54) is 25.3 Å². The number of carbonyl (C=O) groups is 1. The number of methoxy groups -OCH3 is 1. The van der Waals surface area contributed by atoms with Gasteiger partial charge in [-0.15, -0.1) is 0 Å². The largest absolute Gasteiger partial charge is 0.497 e. The van der Waals surface area contributed by atoms with Crippen molar-refractivity contribution in [1.29, 1.82) is 0 Å². The molecule has 0 saturated heterocycles. The predicted molar refractivity (Wildman–Crippen MR) is 76.8 cm³/mol. The molecular weight excluding hydrogens is 283 g/mol. The molecule has 0 aliphatic rings. The van der Waals surface area contributed by atoms with E-state index in [-0.39, 0.29) is 5.56 Å². The number of carbonyl (C=O) groups excluding carboxylic acids is 1. The molecule has 0 unspecified atom stereocenters. The number of benzene rings is 2. The fourth-order valence-electron chi connectivity index (χ4n) is 1.64. The lowest BCUT2D eigenvalue weighted by molar-refractivity contribution is 0.102. The number of nitrogens with two attached hydrogens (primary N) is 1. The highest BCUT2D eigenvalue weighted by Gasteiger charge is 2.14. The lowest BCUT2D eigenvalue weighted by Crippen LogP contribution is -2.14. The molecule has 3 N–H and O–H groups in total. The third-order valence-electron chi connectivity index (χ3n) is 2.66. The molecule has 4 nitrogen and oxygen atoms in total. The molecule has 0 aliphatic heterocycles. The summed E-state index contributed by atoms with van der Waals surface area (Å²) in [6.45, 7) is 0. The lowest BCUT2D eigenvalue weighted by Gasteiger charge is -2.09. The molecule has 2 aromatic carbocycles. The molecule has 1 amide bonds. The lowest BCUT2D eigenvalue weighted by atomic mass is 10.2. The van der Waals surface area contributed by atoms with Gasteiger partial charge in [0.2, 0.25) is 0 Å². The Hall–Kier alpha value is -2.27. The van der Waals surface area contributed by atoms with E-state index in [4.69, 9.17) is 22.1 Å². The Bertz CT molecular complexity index is 662. The van der Waals surface area contributed by atoms with Crippen LogP contribution < -0.4 is 15.8 Å². The first-order chi connectivity index (χ1) is 9.51. The summed E-state index contributed by atoms with van der Waals surface area (Å²) < 4.78 is 18.6. The first-order valence-electron chi connectivity index (χ1n) is 5.71. The molecular formula is C14H12ClFN2O2. The van der Waals surface area contributed by atoms with E-state index >= 15 is 0 Å². The van der Waals surface area contributed by atoms with Gasteiger partial charge in [0.25, 0.3) is 5.91 Å². The number of amides is 1. The molecule has 0 saturated carbocycles. The summed E-state index contributed by atoms with van der Waals surface area (Å²) in [6.07, 6.45) is 0. The smallest absolute Gasteiger partial charge is 0.258 e. The van der Waals surface area contributed by atoms with Gasteiger partial charge in [0.15, 0.2) is 0 Å². The fraction of sp³-hybridized carbons (Fsp3) is 0.0714. The summed E-state index contributed by atoms with van der Waals surface area (Å²) in [6, 6.07) is 8.63. The summed E-state index contributed by atoms with van der Waals surface area (Å²) in [5.74, 6) is -0.958. The van der Waals surface area contributed by atoms with Crippen molar-refractivity contribution in [2.24, 2.45) is 0 Å². The Labute approximate surface area is 120 Å². The van der Waals surface area contributed by atoms with E-state index in [9.17, 15) is 9.18 Å². The highest BCUT2D eigenvalue weighted by Crippen LogP contribution is 2.25. The van der Waals surface area contributed by atoms with Gasteiger partial charge in [0.1, 0.15) is 11.6 Å². The maximum atomic E-state index is 13.8. The number of rotatable bonds is 3. The maximum Gasteiger partial charge on any atom is 0.258 e. The minimum absolute atomic E-state index is 0.107. The van der Waals surface area contributed by atoms with E-state index in [0.717, 1.165) is 6.07 Å². The average Bonchev–Trinajstić information content (AvgIpc) is 2.42. The summed E-state index contributed by atoms with van der Waals surface area (Å²) in [4.78, 5) is 12.0. The minimum atomic E-state index is -0.679. The van der Waals surface area contributed by atoms with E-state index in [1.54, 1.807) is 12.1 Å². The normalized spacial score (nSPS) is 10.2. The van der Waals surface area contributed by atoms with E-state index in [0.29, 0.717) is 22.1 Å². The van der Waals surface area contributed by atoms with Crippen LogP contribution >= 0.6 is 11.6 Å². The van der Waals surface area contributed by atoms with Gasteiger partial charge >= 0.3 is 0 Å². The Morgan fingerprint density at radius 2 is 2.05 bits per heavy atom. The molecule has 20 heavy (non-hydrogen) atoms. The first kappa shape index (κ1) is 14.1. The van der Waals surface area contributed by atoms with E-state index in [2.05, 4.69) is 5.32 Å². The van der Waals surface area contributed by atoms with E-state index in [1.807, 2.05) is 0 Å². The van der Waals surface area contributed by atoms with Crippen LogP contribution in [-0.2, 0) is 0 Å². The Kier molecular flexibility index (Phi) is 4.10. The molecule has 0 bridgehead atoms. The van der Waals surface area contributed by atoms with Crippen LogP contribution in [0.1, 0.15) is 10.4 Å². The minimum Gasteiger partial charge on any atom is -0.497 e. The molecule has 0 spiro atoms. The van der Waals surface area contributed by atoms with Gasteiger partial charge in [-0.3, -0.25) is 4.79 Å². The topological polar surface area (TPSA) is 64.3 Å². The van der Waals surface area contributed by atoms with Crippen molar-refractivity contribution < 1.29 is 13.9 Å². The molecule has 0 radical (unpaired) electrons. The van der Waals surface area contributed by atoms with Crippen LogP contribution in [0.4, 0.5) is 15.8 Å². The molecule has 0 aliphatic carbocycles. The highest BCUT2D eigenvalue weighted by atomic mass is 35.5. The van der Waals surface area contributed by atoms with Crippen molar-refractivity contribution >= 4 is 28.9 Å². The average molecular weight is 295 g/mol. The monoisotopic (exact) mass is 294 g/mol. The zero-order valence-electron chi connectivity index (χ0n) is 10.6. The van der Waals surface area contributed by atoms with Gasteiger partial charge in [0, 0.05) is 11.8 Å². The maximum absolute atomic E-state index is 13.8. The second-order valence-corrected chi connectivity index (χ2v) is 4.45. The summed E-state index contributed by atoms with van der Waals surface area (Å²) >= 11 is 5.93. The Balaban J connectivity index is 2.26. The van der Waals surface area contributed by atoms with Crippen LogP contribution in [0, 0.1) is 5.82 Å². The third kappa shape index (κ3) is 3.00. The summed E-state index contributed by atoms with van der Waals surface area (Å²) in [5.41, 5.74) is 6.27. The van der Waals surface area contributed by atoms with Crippen molar-refractivity contribution in [3.8, 4) is 5.75 Å². The van der Waals surface area contributed by atoms with Crippen molar-refractivity contribution in [3.05, 3.63) is 52.8 Å². The number of hydrogen-bond donors (Lipinski definition) is 2. The van der Waals surface area contributed by atoms with Crippen molar-refractivity contribution in [2.75, 3.05) is 18.2 Å². The molecule has 6 heteroatoms. The van der Waals surface area contributed by atoms with Gasteiger partial charge in [-0.2, -0.15) is 0 Å². The molecule has 0 heterocycles. The van der Waals surface area contributed by atoms with Crippen LogP contribution in [-0.4, -0.2) is 13.0 Å². The highest BCUT2D eigenvalue weighted by molar-refractivity contribution is 6.34. The zero-order chi connectivity index (χ0) is 14.7. The zero-order valence-corrected chi connectivity index (χ0v) is 11.4. The summed E-state index contributed by atoms with van der Waals surface area (Å²) in [5, 5.41) is 2.83. The molecule has 0 atom stereocenters. The van der Waals surface area contributed by atoms with Crippen LogP contribution in [0.3, 0.4) is 0 Å². The Morgan fingerprint density at radius 3 is 2.70 bits per heavy atom. The van der Waals surface area contributed by atoms with Crippen molar-refractivity contribution in [3.63, 3.8) is 0 Å². The van der Waals surface area contributed by atoms with Gasteiger partial charge in [0.05, 0.1) is 23.4 Å². The van der Waals surface area contributed by atoms with Crippen LogP contribution in [0.2, 0.25) is 5.02 Å². The number of anilines is 2. The van der Waals surface area contributed by atoms with Crippen LogP contribution in [0.5, 0.6) is 5.75 Å². The molecule has 104 valence electrons. The second-order valence-electron chi connectivity index (χ2n) is 4.04. The van der Waals surface area contributed by atoms with E-state index < -0.39 is 11.7 Å². The number of ether oxygens (including phenoxy) is 1. The molecule has 2 aromatic rings. The SMILES string of the molecule is COc1ccc(C(=O)Nc2cc(N)ccc2Cl)c(F)c1. The second kappa shape index (κ2) is 5.79. The van der Waals surface area contributed by atoms with Crippen LogP contribution in [0.15, 0.2) is 36.4 Å². The van der Waals surface area contributed by atoms with Gasteiger partial charge < -0.3 is 15.8 Å². The van der Waals surface area contributed by atoms with Gasteiger partial charge in [-0.25, -0.2) is 4.39 Å². The predicted octanol–water partition coefficient (Wildman–Crippen LogP) is 3.32. The Morgan fingerprint density at radius 1 is 1.30 bits per heavy atom. The van der Waals surface area contributed by atoms with Gasteiger partial charge in [-0.1, -0.05) is 11.6 Å². The number of nitrogen functional groups attached to an aromatic ring is 1. The number of nitrogens with one attached hydrogen (secondary N) is 1. The third-order valence-corrected chi connectivity index (χ3v) is 2.99. The summed E-state index contributed by atoms with van der Waals surface area (Å²) in [7, 11) is 1.42. The standard InChI is InChI=1S/C14H12ClFN2O2/c1-20-9-3-4-10(12(16)7-9)14(19)18-13-6-8(17)2-5-11(13)15/h2-7H,17H2,1H3,(H,18,19). The van der Waals surface area contributed by atoms with Crippen LogP contribution in [0.25, 0.3) is 0 Å². The fourth-order valence-corrected chi connectivity index (χ4v) is 1.80. The van der Waals surface area contributed by atoms with Crippen molar-refractivity contribution in [1.82, 2.24) is 0 Å². The van der Waals surface area contributed by atoms with Gasteiger partial charge in [-0.05, 0) is 30.3 Å². The number of halogens is 2. The molecule has 0 aromatic heterocycles. The first-order valence-corrected chi connectivity index (χ1v) is 6.09. The molecule has 0 fully saturated rings. The van der Waals surface area contributed by atoms with Crippen molar-refractivity contribution in [2.45, 2.75) is 0 Å². The quantitative estimate of drug-likeness (QED) is 0.854. The number of hydrogen-bond acceptors (Lipinski definition) is 3.